The number of carbonyl (C=O) groups is 1. The summed E-state index contributed by atoms with van der Waals surface area (Å²) >= 11 is 0. The van der Waals surface area contributed by atoms with Crippen LogP contribution in [-0.4, -0.2) is 29.4 Å². The topological polar surface area (TPSA) is 125 Å². The second kappa shape index (κ2) is 5.87. The van der Waals surface area contributed by atoms with E-state index in [1.54, 1.807) is 0 Å². The number of nitro groups is 2. The number of hydrogen-bond donors (Lipinski definition) is 1. The molecule has 1 N–H and O–H groups in total. The van der Waals surface area contributed by atoms with Gasteiger partial charge in [-0.25, -0.2) is 0 Å². The van der Waals surface area contributed by atoms with E-state index in [-0.39, 0.29) is 12.1 Å². The molecule has 0 saturated carbocycles. The summed E-state index contributed by atoms with van der Waals surface area (Å²) in [7, 11) is 1.41. The first kappa shape index (κ1) is 14.5. The van der Waals surface area contributed by atoms with Gasteiger partial charge >= 0.3 is 11.8 Å². The Hall–Kier alpha value is -2.55. The average molecular weight is 269 g/mol. The molecule has 0 amide bonds. The molecule has 19 heavy (non-hydrogen) atoms. The quantitative estimate of drug-likeness (QED) is 0.336. The van der Waals surface area contributed by atoms with Crippen molar-refractivity contribution in [2.75, 3.05) is 13.6 Å². The molecule has 0 aliphatic rings. The van der Waals surface area contributed by atoms with Crippen molar-refractivity contribution in [3.63, 3.8) is 0 Å². The van der Waals surface area contributed by atoms with E-state index in [2.05, 4.69) is 10.1 Å². The fourth-order valence-electron chi connectivity index (χ4n) is 1.41. The van der Waals surface area contributed by atoms with E-state index in [0.29, 0.717) is 0 Å². The lowest BCUT2D eigenvalue weighted by atomic mass is 10.1. The van der Waals surface area contributed by atoms with E-state index in [9.17, 15) is 25.0 Å². The first-order valence-electron chi connectivity index (χ1n) is 5.16. The molecule has 1 aromatic rings. The number of nitrogens with zero attached hydrogens (tertiary/aromatic N) is 2. The third kappa shape index (κ3) is 2.83. The molecule has 0 heterocycles. The third-order valence-corrected chi connectivity index (χ3v) is 2.22. The fraction of sp³-hybridized carbons (Fsp3) is 0.300. The van der Waals surface area contributed by atoms with Gasteiger partial charge in [-0.2, -0.15) is 0 Å². The Kier molecular flexibility index (Phi) is 4.48. The predicted molar refractivity (Wildman–Crippen MR) is 62.1 cm³/mol. The van der Waals surface area contributed by atoms with Crippen LogP contribution in [0.15, 0.2) is 30.3 Å². The van der Waals surface area contributed by atoms with Crippen molar-refractivity contribution < 1.29 is 19.4 Å². The summed E-state index contributed by atoms with van der Waals surface area (Å²) in [5.74, 6) is -4.23. The maximum atomic E-state index is 11.3. The number of ether oxygens (including phenoxy) is 1. The Balaban J connectivity index is 3.28. The molecule has 1 aromatic carbocycles. The van der Waals surface area contributed by atoms with Crippen LogP contribution in [-0.2, 0) is 15.4 Å². The minimum absolute atomic E-state index is 0.338. The fourth-order valence-corrected chi connectivity index (χ4v) is 1.41. The van der Waals surface area contributed by atoms with Gasteiger partial charge in [0.1, 0.15) is 9.85 Å². The van der Waals surface area contributed by atoms with Gasteiger partial charge in [0, 0.05) is 0 Å². The van der Waals surface area contributed by atoms with Crippen molar-refractivity contribution in [2.24, 2.45) is 0 Å². The van der Waals surface area contributed by atoms with Gasteiger partial charge in [0.25, 0.3) is 0 Å². The van der Waals surface area contributed by atoms with Gasteiger partial charge in [-0.1, -0.05) is 18.2 Å². The normalized spacial score (nSPS) is 10.8. The van der Waals surface area contributed by atoms with Crippen molar-refractivity contribution in [1.82, 2.24) is 5.32 Å². The molecule has 0 bridgehead atoms. The molecule has 0 unspecified atom stereocenters. The highest BCUT2D eigenvalue weighted by molar-refractivity contribution is 5.72. The van der Waals surface area contributed by atoms with E-state index < -0.39 is 21.7 Å². The molecule has 0 spiro atoms. The van der Waals surface area contributed by atoms with Gasteiger partial charge < -0.3 is 10.1 Å². The van der Waals surface area contributed by atoms with E-state index in [4.69, 9.17) is 0 Å². The largest absolute Gasteiger partial charge is 0.651 e. The summed E-state index contributed by atoms with van der Waals surface area (Å²) in [6.45, 7) is -0.379. The number of benzene rings is 1. The zero-order valence-electron chi connectivity index (χ0n) is 9.94. The van der Waals surface area contributed by atoms with E-state index in [0.717, 1.165) is 12.1 Å². The number of hydrogen-bond acceptors (Lipinski definition) is 7. The first-order chi connectivity index (χ1) is 8.95. The maximum Gasteiger partial charge on any atom is 0.651 e. The third-order valence-electron chi connectivity index (χ3n) is 2.22. The molecular weight excluding hydrogens is 258 g/mol. The van der Waals surface area contributed by atoms with Crippen LogP contribution in [0.2, 0.25) is 0 Å². The van der Waals surface area contributed by atoms with Crippen LogP contribution in [0.5, 0.6) is 0 Å². The highest BCUT2D eigenvalue weighted by Crippen LogP contribution is 2.27. The SMILES string of the molecule is CNCC(=O)OC(c1ccccc1)([N+](=O)[O-])[N+](=O)[O-]. The summed E-state index contributed by atoms with van der Waals surface area (Å²) in [5.41, 5.74) is -0.338. The van der Waals surface area contributed by atoms with Crippen LogP contribution in [0.25, 0.3) is 0 Å². The molecule has 0 aliphatic carbocycles. The molecule has 0 aromatic heterocycles. The summed E-state index contributed by atoms with van der Waals surface area (Å²) in [4.78, 5) is 31.0. The highest BCUT2D eigenvalue weighted by Gasteiger charge is 2.63. The second-order valence-electron chi connectivity index (χ2n) is 3.49. The Morgan fingerprint density at radius 2 is 1.79 bits per heavy atom. The van der Waals surface area contributed by atoms with E-state index in [1.807, 2.05) is 0 Å². The number of likely N-dealkylation sites (N-methyl/N-ethyl adjacent to an activating group) is 1. The van der Waals surface area contributed by atoms with Gasteiger partial charge in [-0.3, -0.25) is 25.0 Å². The first-order valence-corrected chi connectivity index (χ1v) is 5.16. The van der Waals surface area contributed by atoms with Gasteiger partial charge in [-0.05, 0) is 19.2 Å². The predicted octanol–water partition coefficient (Wildman–Crippen LogP) is 0.113. The molecule has 0 fully saturated rings. The zero-order chi connectivity index (χ0) is 14.5. The van der Waals surface area contributed by atoms with Crippen LogP contribution >= 0.6 is 0 Å². The lowest BCUT2D eigenvalue weighted by Crippen LogP contribution is -2.48. The smallest absolute Gasteiger partial charge is 0.332 e. The molecule has 102 valence electrons. The lowest BCUT2D eigenvalue weighted by Gasteiger charge is -2.16. The van der Waals surface area contributed by atoms with Crippen LogP contribution in [0.1, 0.15) is 5.56 Å². The number of rotatable bonds is 6. The van der Waals surface area contributed by atoms with Crippen molar-refractivity contribution in [2.45, 2.75) is 5.85 Å². The van der Waals surface area contributed by atoms with E-state index >= 15 is 0 Å². The lowest BCUT2D eigenvalue weighted by molar-refractivity contribution is -0.858. The maximum absolute atomic E-state index is 11.3. The van der Waals surface area contributed by atoms with Crippen molar-refractivity contribution >= 4 is 5.97 Å². The average Bonchev–Trinajstić information content (AvgIpc) is 2.36. The Labute approximate surface area is 107 Å². The zero-order valence-corrected chi connectivity index (χ0v) is 9.94. The van der Waals surface area contributed by atoms with E-state index in [1.165, 1.54) is 25.2 Å². The number of esters is 1. The summed E-state index contributed by atoms with van der Waals surface area (Å²) in [6, 6.07) is 6.59. The monoisotopic (exact) mass is 269 g/mol. The van der Waals surface area contributed by atoms with Crippen molar-refractivity contribution in [3.05, 3.63) is 56.1 Å². The minimum atomic E-state index is -3.13. The van der Waals surface area contributed by atoms with Gasteiger partial charge in [0.05, 0.1) is 6.54 Å². The molecule has 0 aliphatic heterocycles. The highest BCUT2D eigenvalue weighted by atomic mass is 16.8. The Morgan fingerprint density at radius 3 is 2.21 bits per heavy atom. The van der Waals surface area contributed by atoms with Gasteiger partial charge in [0.2, 0.25) is 0 Å². The van der Waals surface area contributed by atoms with Gasteiger partial charge in [-0.15, -0.1) is 0 Å². The molecule has 0 saturated heterocycles. The number of nitrogens with one attached hydrogen (secondary N) is 1. The minimum Gasteiger partial charge on any atom is -0.332 e. The second-order valence-corrected chi connectivity index (χ2v) is 3.49. The molecule has 0 atom stereocenters. The standard InChI is InChI=1S/C10H11N3O6/c1-11-7-9(14)19-10(12(15)16,13(17)18)8-5-3-2-4-6-8/h2-6,11H,7H2,1H3. The molecule has 0 radical (unpaired) electrons. The molecule has 1 rings (SSSR count). The van der Waals surface area contributed by atoms with Crippen molar-refractivity contribution in [3.8, 4) is 0 Å². The van der Waals surface area contributed by atoms with Crippen LogP contribution in [0.3, 0.4) is 0 Å². The van der Waals surface area contributed by atoms with Crippen LogP contribution in [0, 0.1) is 20.2 Å². The molecule has 9 nitrogen and oxygen atoms in total. The summed E-state index contributed by atoms with van der Waals surface area (Å²) in [6.07, 6.45) is 0. The van der Waals surface area contributed by atoms with Crippen molar-refractivity contribution in [1.29, 1.82) is 0 Å². The van der Waals surface area contributed by atoms with Gasteiger partial charge in [0.15, 0.2) is 5.56 Å². The molecular formula is C10H11N3O6. The van der Waals surface area contributed by atoms with Crippen LogP contribution in [0.4, 0.5) is 0 Å². The number of carbonyl (C=O) groups excluding carboxylic acids is 1. The van der Waals surface area contributed by atoms with Crippen LogP contribution < -0.4 is 5.32 Å². The summed E-state index contributed by atoms with van der Waals surface area (Å²) < 4.78 is 4.49. The summed E-state index contributed by atoms with van der Waals surface area (Å²) in [5, 5.41) is 24.5. The molecule has 9 heteroatoms. The Morgan fingerprint density at radius 1 is 1.26 bits per heavy atom. The Bertz CT molecular complexity index is 475.